The van der Waals surface area contributed by atoms with Crippen molar-refractivity contribution in [2.45, 2.75) is 18.7 Å². The number of ether oxygens (including phenoxy) is 1. The van der Waals surface area contributed by atoms with Crippen LogP contribution in [0.25, 0.3) is 0 Å². The quantitative estimate of drug-likeness (QED) is 0.265. The lowest BCUT2D eigenvalue weighted by Gasteiger charge is -2.20. The van der Waals surface area contributed by atoms with Crippen LogP contribution in [0.4, 0.5) is 5.69 Å². The highest BCUT2D eigenvalue weighted by molar-refractivity contribution is 7.92. The first-order valence-electron chi connectivity index (χ1n) is 8.95. The molecule has 2 aromatic carbocycles. The molecule has 0 aromatic heterocycles. The summed E-state index contributed by atoms with van der Waals surface area (Å²) in [5.74, 6) is -2.00. The molecule has 164 valence electrons. The van der Waals surface area contributed by atoms with E-state index in [0.717, 1.165) is 10.4 Å². The van der Waals surface area contributed by atoms with Crippen molar-refractivity contribution < 1.29 is 27.9 Å². The second-order valence-corrected chi connectivity index (χ2v) is 8.96. The third-order valence-corrected chi connectivity index (χ3v) is 6.27. The SMILES string of the molecule is CC(=N)/C(C(C)=O)=C(/O)COC(=O)c1cccc(S(=O)(=O)N(C)c2cccc(Cl)c2)c1. The Balaban J connectivity index is 2.26. The van der Waals surface area contributed by atoms with E-state index in [9.17, 15) is 23.1 Å². The Kier molecular flexibility index (Phi) is 7.59. The average Bonchev–Trinajstić information content (AvgIpc) is 2.71. The molecule has 2 aromatic rings. The van der Waals surface area contributed by atoms with Gasteiger partial charge in [0, 0.05) is 17.8 Å². The molecule has 0 aliphatic carbocycles. The van der Waals surface area contributed by atoms with Crippen LogP contribution in [0.3, 0.4) is 0 Å². The molecular weight excluding hydrogens is 444 g/mol. The lowest BCUT2D eigenvalue weighted by molar-refractivity contribution is -0.113. The summed E-state index contributed by atoms with van der Waals surface area (Å²) in [7, 11) is -2.64. The summed E-state index contributed by atoms with van der Waals surface area (Å²) in [6.45, 7) is 1.86. The second kappa shape index (κ2) is 9.76. The third-order valence-electron chi connectivity index (χ3n) is 4.26. The molecule has 0 heterocycles. The van der Waals surface area contributed by atoms with Crippen molar-refractivity contribution in [3.05, 3.63) is 70.4 Å². The first-order valence-corrected chi connectivity index (χ1v) is 10.8. The van der Waals surface area contributed by atoms with E-state index in [4.69, 9.17) is 21.7 Å². The Hall–Kier alpha value is -3.17. The van der Waals surface area contributed by atoms with Crippen LogP contribution in [0.1, 0.15) is 24.2 Å². The topological polar surface area (TPSA) is 125 Å². The molecule has 0 atom stereocenters. The number of rotatable bonds is 8. The lowest BCUT2D eigenvalue weighted by Crippen LogP contribution is -2.26. The largest absolute Gasteiger partial charge is 0.508 e. The molecule has 0 fully saturated rings. The molecule has 31 heavy (non-hydrogen) atoms. The predicted molar refractivity (Wildman–Crippen MR) is 118 cm³/mol. The molecular formula is C21H21ClN2O6S. The molecule has 0 unspecified atom stereocenters. The van der Waals surface area contributed by atoms with Gasteiger partial charge in [0.2, 0.25) is 0 Å². The van der Waals surface area contributed by atoms with Crippen LogP contribution in [0.5, 0.6) is 0 Å². The van der Waals surface area contributed by atoms with Crippen molar-refractivity contribution >= 4 is 44.8 Å². The van der Waals surface area contributed by atoms with Crippen molar-refractivity contribution in [3.63, 3.8) is 0 Å². The van der Waals surface area contributed by atoms with Crippen molar-refractivity contribution in [2.75, 3.05) is 18.0 Å². The molecule has 0 saturated heterocycles. The van der Waals surface area contributed by atoms with Crippen LogP contribution >= 0.6 is 11.6 Å². The Bertz CT molecular complexity index is 1160. The van der Waals surface area contributed by atoms with Gasteiger partial charge >= 0.3 is 5.97 Å². The molecule has 2 N–H and O–H groups in total. The number of carbonyl (C=O) groups is 2. The van der Waals surface area contributed by atoms with Crippen LogP contribution in [0, 0.1) is 5.41 Å². The number of halogens is 1. The molecule has 0 bridgehead atoms. The van der Waals surface area contributed by atoms with E-state index >= 15 is 0 Å². The van der Waals surface area contributed by atoms with Crippen LogP contribution < -0.4 is 4.31 Å². The van der Waals surface area contributed by atoms with Crippen LogP contribution in [-0.2, 0) is 19.6 Å². The highest BCUT2D eigenvalue weighted by Crippen LogP contribution is 2.25. The smallest absolute Gasteiger partial charge is 0.338 e. The minimum Gasteiger partial charge on any atom is -0.508 e. The number of benzene rings is 2. The van der Waals surface area contributed by atoms with Crippen molar-refractivity contribution in [3.8, 4) is 0 Å². The molecule has 0 aliphatic heterocycles. The van der Waals surface area contributed by atoms with E-state index in [1.807, 2.05) is 0 Å². The first-order chi connectivity index (χ1) is 14.4. The summed E-state index contributed by atoms with van der Waals surface area (Å²) >= 11 is 5.93. The standard InChI is InChI=1S/C21H21ClN2O6S/c1-13(23)20(14(2)25)19(26)12-30-21(27)15-6-4-9-18(10-15)31(28,29)24(3)17-8-5-7-16(22)11-17/h4-11,23,26H,12H2,1-3H3/b20-19-,23-13?. The highest BCUT2D eigenvalue weighted by Gasteiger charge is 2.23. The number of sulfonamides is 1. The number of aliphatic hydroxyl groups is 1. The number of aliphatic hydroxyl groups excluding tert-OH is 1. The molecule has 0 spiro atoms. The van der Waals surface area contributed by atoms with Gasteiger partial charge < -0.3 is 15.3 Å². The van der Waals surface area contributed by atoms with E-state index in [-0.39, 0.29) is 21.7 Å². The fraction of sp³-hybridized carbons (Fsp3) is 0.190. The average molecular weight is 465 g/mol. The van der Waals surface area contributed by atoms with Gasteiger partial charge in [0.1, 0.15) is 12.4 Å². The van der Waals surface area contributed by atoms with Crippen molar-refractivity contribution in [1.82, 2.24) is 0 Å². The number of nitrogens with one attached hydrogen (secondary N) is 1. The summed E-state index contributed by atoms with van der Waals surface area (Å²) in [5.41, 5.74) is -0.135. The van der Waals surface area contributed by atoms with E-state index in [1.54, 1.807) is 18.2 Å². The fourth-order valence-electron chi connectivity index (χ4n) is 2.73. The molecule has 2 rings (SSSR count). The maximum absolute atomic E-state index is 12.9. The van der Waals surface area contributed by atoms with Gasteiger partial charge in [-0.1, -0.05) is 23.7 Å². The normalized spacial score (nSPS) is 12.0. The zero-order valence-electron chi connectivity index (χ0n) is 17.0. The van der Waals surface area contributed by atoms with E-state index < -0.39 is 34.1 Å². The van der Waals surface area contributed by atoms with Gasteiger partial charge in [-0.25, -0.2) is 13.2 Å². The molecule has 0 saturated carbocycles. The van der Waals surface area contributed by atoms with Gasteiger partial charge in [0.25, 0.3) is 10.0 Å². The summed E-state index contributed by atoms with van der Waals surface area (Å²) in [6, 6.07) is 11.5. The number of hydrogen-bond donors (Lipinski definition) is 2. The summed E-state index contributed by atoms with van der Waals surface area (Å²) < 4.78 is 31.9. The number of nitrogens with zero attached hydrogens (tertiary/aromatic N) is 1. The Morgan fingerprint density at radius 2 is 1.77 bits per heavy atom. The molecule has 0 radical (unpaired) electrons. The van der Waals surface area contributed by atoms with Gasteiger partial charge in [0.05, 0.1) is 21.7 Å². The van der Waals surface area contributed by atoms with Gasteiger partial charge in [0.15, 0.2) is 5.78 Å². The number of hydrogen-bond acceptors (Lipinski definition) is 7. The van der Waals surface area contributed by atoms with E-state index in [1.165, 1.54) is 45.2 Å². The number of ketones is 1. The number of anilines is 1. The maximum atomic E-state index is 12.9. The number of Topliss-reactive ketones (excluding diaryl/α,β-unsaturated/α-hetero) is 1. The predicted octanol–water partition coefficient (Wildman–Crippen LogP) is 3.76. The number of carbonyl (C=O) groups excluding carboxylic acids is 2. The van der Waals surface area contributed by atoms with E-state index in [0.29, 0.717) is 10.7 Å². The zero-order valence-corrected chi connectivity index (χ0v) is 18.6. The van der Waals surface area contributed by atoms with Gasteiger partial charge in [-0.2, -0.15) is 0 Å². The first kappa shape index (κ1) is 24.1. The molecule has 10 heteroatoms. The zero-order chi connectivity index (χ0) is 23.3. The Morgan fingerprint density at radius 1 is 1.13 bits per heavy atom. The molecule has 0 aliphatic rings. The monoisotopic (exact) mass is 464 g/mol. The third kappa shape index (κ3) is 5.71. The summed E-state index contributed by atoms with van der Waals surface area (Å²) in [5, 5.41) is 17.9. The maximum Gasteiger partial charge on any atom is 0.338 e. The molecule has 8 nitrogen and oxygen atoms in total. The van der Waals surface area contributed by atoms with Crippen LogP contribution in [0.2, 0.25) is 5.02 Å². The highest BCUT2D eigenvalue weighted by atomic mass is 35.5. The van der Waals surface area contributed by atoms with Crippen molar-refractivity contribution in [2.24, 2.45) is 0 Å². The number of allylic oxidation sites excluding steroid dienone is 1. The van der Waals surface area contributed by atoms with Crippen molar-refractivity contribution in [1.29, 1.82) is 5.41 Å². The minimum absolute atomic E-state index is 0.0654. The summed E-state index contributed by atoms with van der Waals surface area (Å²) in [4.78, 5) is 23.7. The van der Waals surface area contributed by atoms with Gasteiger partial charge in [-0.05, 0) is 50.2 Å². The Morgan fingerprint density at radius 3 is 2.35 bits per heavy atom. The van der Waals surface area contributed by atoms with E-state index in [2.05, 4.69) is 0 Å². The molecule has 0 amide bonds. The Labute approximate surface area is 185 Å². The van der Waals surface area contributed by atoms with Gasteiger partial charge in [-0.15, -0.1) is 0 Å². The minimum atomic E-state index is -4.00. The fourth-order valence-corrected chi connectivity index (χ4v) is 4.14. The summed E-state index contributed by atoms with van der Waals surface area (Å²) in [6.07, 6.45) is 0. The lowest BCUT2D eigenvalue weighted by atomic mass is 10.1. The number of esters is 1. The second-order valence-electron chi connectivity index (χ2n) is 6.56. The van der Waals surface area contributed by atoms with Crippen LogP contribution in [-0.4, -0.2) is 44.6 Å². The van der Waals surface area contributed by atoms with Crippen LogP contribution in [0.15, 0.2) is 64.8 Å². The van der Waals surface area contributed by atoms with Gasteiger partial charge in [-0.3, -0.25) is 9.10 Å².